The van der Waals surface area contributed by atoms with Crippen LogP contribution in [0.4, 0.5) is 0 Å². The smallest absolute Gasteiger partial charge is 0.220 e. The molecule has 0 aromatic carbocycles. The van der Waals surface area contributed by atoms with E-state index in [2.05, 4.69) is 5.32 Å². The van der Waals surface area contributed by atoms with Crippen LogP contribution in [0.25, 0.3) is 0 Å². The first-order valence-electron chi connectivity index (χ1n) is 5.74. The molecular weight excluding hydrogens is 210 g/mol. The van der Waals surface area contributed by atoms with E-state index in [0.29, 0.717) is 12.3 Å². The summed E-state index contributed by atoms with van der Waals surface area (Å²) in [6.07, 6.45) is 3.75. The van der Waals surface area contributed by atoms with Gasteiger partial charge in [0.05, 0.1) is 12.6 Å². The fourth-order valence-corrected chi connectivity index (χ4v) is 2.98. The van der Waals surface area contributed by atoms with E-state index in [0.717, 1.165) is 19.3 Å². The normalized spacial score (nSPS) is 19.9. The van der Waals surface area contributed by atoms with Gasteiger partial charge in [-0.15, -0.1) is 0 Å². The minimum atomic E-state index is -0.0598. The molecule has 1 amide bonds. The third-order valence-electron chi connectivity index (χ3n) is 2.89. The number of amides is 1. The van der Waals surface area contributed by atoms with Crippen LogP contribution in [-0.2, 0) is 4.79 Å². The molecule has 0 saturated carbocycles. The van der Waals surface area contributed by atoms with Gasteiger partial charge in [-0.3, -0.25) is 4.79 Å². The number of hydrogen-bond donors (Lipinski definition) is 2. The first-order valence-corrected chi connectivity index (χ1v) is 6.89. The van der Waals surface area contributed by atoms with Crippen molar-refractivity contribution in [3.63, 3.8) is 0 Å². The average Bonchev–Trinajstić information content (AvgIpc) is 2.27. The lowest BCUT2D eigenvalue weighted by Crippen LogP contribution is -2.38. The fourth-order valence-electron chi connectivity index (χ4n) is 1.78. The third kappa shape index (κ3) is 4.89. The minimum absolute atomic E-state index is 0.0444. The molecule has 1 aliphatic heterocycles. The number of carbonyl (C=O) groups is 1. The molecule has 2 N–H and O–H groups in total. The summed E-state index contributed by atoms with van der Waals surface area (Å²) in [6.45, 7) is 2.02. The van der Waals surface area contributed by atoms with Crippen molar-refractivity contribution < 1.29 is 9.90 Å². The van der Waals surface area contributed by atoms with Crippen molar-refractivity contribution in [2.75, 3.05) is 18.1 Å². The summed E-state index contributed by atoms with van der Waals surface area (Å²) >= 11 is 1.98. The zero-order chi connectivity index (χ0) is 11.1. The van der Waals surface area contributed by atoms with Gasteiger partial charge in [0.15, 0.2) is 0 Å². The summed E-state index contributed by atoms with van der Waals surface area (Å²) < 4.78 is 0. The van der Waals surface area contributed by atoms with Gasteiger partial charge in [0.2, 0.25) is 5.91 Å². The molecular formula is C11H21NO2S. The van der Waals surface area contributed by atoms with Crippen LogP contribution in [0.3, 0.4) is 0 Å². The summed E-state index contributed by atoms with van der Waals surface area (Å²) in [4.78, 5) is 11.6. The number of nitrogens with one attached hydrogen (secondary N) is 1. The SMILES string of the molecule is CC[C@H](CO)NC(=O)CC1CCSCC1. The minimum Gasteiger partial charge on any atom is -0.394 e. The van der Waals surface area contributed by atoms with Crippen LogP contribution in [0.2, 0.25) is 0 Å². The number of carbonyl (C=O) groups excluding carboxylic acids is 1. The van der Waals surface area contributed by atoms with E-state index in [9.17, 15) is 4.79 Å². The van der Waals surface area contributed by atoms with Crippen LogP contribution in [-0.4, -0.2) is 35.2 Å². The maximum Gasteiger partial charge on any atom is 0.220 e. The molecule has 0 aromatic rings. The highest BCUT2D eigenvalue weighted by atomic mass is 32.2. The molecule has 0 aliphatic carbocycles. The van der Waals surface area contributed by atoms with Crippen LogP contribution in [0.15, 0.2) is 0 Å². The molecule has 3 nitrogen and oxygen atoms in total. The molecule has 1 rings (SSSR count). The molecule has 0 aromatic heterocycles. The van der Waals surface area contributed by atoms with Crippen molar-refractivity contribution in [3.8, 4) is 0 Å². The Bertz CT molecular complexity index is 189. The first-order chi connectivity index (χ1) is 7.26. The molecule has 4 heteroatoms. The Labute approximate surface area is 96.0 Å². The Morgan fingerprint density at radius 1 is 1.53 bits per heavy atom. The lowest BCUT2D eigenvalue weighted by Gasteiger charge is -2.22. The van der Waals surface area contributed by atoms with Crippen molar-refractivity contribution in [3.05, 3.63) is 0 Å². The van der Waals surface area contributed by atoms with Gasteiger partial charge < -0.3 is 10.4 Å². The molecule has 1 saturated heterocycles. The average molecular weight is 231 g/mol. The first kappa shape index (κ1) is 12.8. The van der Waals surface area contributed by atoms with E-state index in [1.165, 1.54) is 11.5 Å². The number of aliphatic hydroxyl groups is 1. The summed E-state index contributed by atoms with van der Waals surface area (Å²) in [6, 6.07) is -0.0598. The fraction of sp³-hybridized carbons (Fsp3) is 0.909. The standard InChI is InChI=1S/C11H21NO2S/c1-2-10(8-13)12-11(14)7-9-3-5-15-6-4-9/h9-10,13H,2-8H2,1H3,(H,12,14)/t10-/m1/s1. The van der Waals surface area contributed by atoms with E-state index >= 15 is 0 Å². The van der Waals surface area contributed by atoms with Gasteiger partial charge in [-0.1, -0.05) is 6.92 Å². The molecule has 88 valence electrons. The lowest BCUT2D eigenvalue weighted by molar-refractivity contribution is -0.123. The van der Waals surface area contributed by atoms with E-state index < -0.39 is 0 Å². The predicted octanol–water partition coefficient (Wildman–Crippen LogP) is 1.41. The van der Waals surface area contributed by atoms with Gasteiger partial charge in [0.25, 0.3) is 0 Å². The highest BCUT2D eigenvalue weighted by Gasteiger charge is 2.18. The van der Waals surface area contributed by atoms with Gasteiger partial charge in [-0.05, 0) is 36.7 Å². The monoisotopic (exact) mass is 231 g/mol. The highest BCUT2D eigenvalue weighted by molar-refractivity contribution is 7.99. The van der Waals surface area contributed by atoms with Crippen molar-refractivity contribution >= 4 is 17.7 Å². The van der Waals surface area contributed by atoms with Gasteiger partial charge >= 0.3 is 0 Å². The zero-order valence-corrected chi connectivity index (χ0v) is 10.2. The number of aliphatic hydroxyl groups excluding tert-OH is 1. The quantitative estimate of drug-likeness (QED) is 0.752. The van der Waals surface area contributed by atoms with Crippen LogP contribution >= 0.6 is 11.8 Å². The molecule has 0 spiro atoms. The van der Waals surface area contributed by atoms with Crippen LogP contribution in [0, 0.1) is 5.92 Å². The largest absolute Gasteiger partial charge is 0.394 e. The summed E-state index contributed by atoms with van der Waals surface area (Å²) in [5, 5.41) is 11.8. The van der Waals surface area contributed by atoms with E-state index in [-0.39, 0.29) is 18.6 Å². The Morgan fingerprint density at radius 3 is 2.73 bits per heavy atom. The Hall–Kier alpha value is -0.220. The van der Waals surface area contributed by atoms with Crippen LogP contribution in [0.1, 0.15) is 32.6 Å². The third-order valence-corrected chi connectivity index (χ3v) is 3.94. The number of hydrogen-bond acceptors (Lipinski definition) is 3. The van der Waals surface area contributed by atoms with Crippen LogP contribution < -0.4 is 5.32 Å². The Kier molecular flexibility index (Phi) is 6.10. The Balaban J connectivity index is 2.21. The van der Waals surface area contributed by atoms with Gasteiger partial charge in [0, 0.05) is 6.42 Å². The second-order valence-electron chi connectivity index (χ2n) is 4.12. The lowest BCUT2D eigenvalue weighted by atomic mass is 9.98. The van der Waals surface area contributed by atoms with Crippen LogP contribution in [0.5, 0.6) is 0 Å². The molecule has 1 aliphatic rings. The van der Waals surface area contributed by atoms with Gasteiger partial charge in [-0.25, -0.2) is 0 Å². The Morgan fingerprint density at radius 2 is 2.20 bits per heavy atom. The van der Waals surface area contributed by atoms with Crippen molar-refractivity contribution in [2.45, 2.75) is 38.6 Å². The summed E-state index contributed by atoms with van der Waals surface area (Å²) in [5.74, 6) is 3.04. The predicted molar refractivity (Wildman–Crippen MR) is 64.0 cm³/mol. The number of rotatable bonds is 5. The molecule has 1 fully saturated rings. The second-order valence-corrected chi connectivity index (χ2v) is 5.34. The van der Waals surface area contributed by atoms with E-state index in [4.69, 9.17) is 5.11 Å². The molecule has 1 heterocycles. The van der Waals surface area contributed by atoms with E-state index in [1.54, 1.807) is 0 Å². The van der Waals surface area contributed by atoms with Gasteiger partial charge in [-0.2, -0.15) is 11.8 Å². The molecule has 15 heavy (non-hydrogen) atoms. The highest BCUT2D eigenvalue weighted by Crippen LogP contribution is 2.25. The molecule has 0 radical (unpaired) electrons. The molecule has 0 unspecified atom stereocenters. The zero-order valence-electron chi connectivity index (χ0n) is 9.37. The van der Waals surface area contributed by atoms with E-state index in [1.807, 2.05) is 18.7 Å². The second kappa shape index (κ2) is 7.12. The maximum atomic E-state index is 11.6. The van der Waals surface area contributed by atoms with Crippen molar-refractivity contribution in [1.29, 1.82) is 0 Å². The van der Waals surface area contributed by atoms with Crippen molar-refractivity contribution in [2.24, 2.45) is 5.92 Å². The van der Waals surface area contributed by atoms with Gasteiger partial charge in [0.1, 0.15) is 0 Å². The number of thioether (sulfide) groups is 1. The van der Waals surface area contributed by atoms with Crippen molar-refractivity contribution in [1.82, 2.24) is 5.32 Å². The molecule has 0 bridgehead atoms. The summed E-state index contributed by atoms with van der Waals surface area (Å²) in [7, 11) is 0. The maximum absolute atomic E-state index is 11.6. The summed E-state index contributed by atoms with van der Waals surface area (Å²) in [5.41, 5.74) is 0. The topological polar surface area (TPSA) is 49.3 Å². The molecule has 1 atom stereocenters.